The second kappa shape index (κ2) is 13.9. The molecule has 1 saturated carbocycles. The first-order valence-corrected chi connectivity index (χ1v) is 17.7. The minimum absolute atomic E-state index is 0.0102. The third-order valence-corrected chi connectivity index (χ3v) is 9.96. The number of rotatable bonds is 10. The normalized spacial score (nSPS) is 21.6. The number of carboxylic acid groups (broad SMARTS) is 1. The zero-order valence-electron chi connectivity index (χ0n) is 25.3. The molecule has 0 unspecified atom stereocenters. The third-order valence-electron chi connectivity index (χ3n) is 8.66. The van der Waals surface area contributed by atoms with Gasteiger partial charge < -0.3 is 15.3 Å². The SMILES string of the molecule is CS(=O)(=O)N[C@H]1CCCC[C@@H]1N1C(=O)c2ccccc2[C@@H](C(=O)NCCc2cccc(C(F)(F)C(=O)O)c2)[C@@H]1c1ccc(Cl)cc1Cl. The van der Waals surface area contributed by atoms with Crippen LogP contribution in [0.15, 0.2) is 66.7 Å². The lowest BCUT2D eigenvalue weighted by Crippen LogP contribution is -2.59. The Labute approximate surface area is 281 Å². The lowest BCUT2D eigenvalue weighted by Gasteiger charge is -2.49. The maximum atomic E-state index is 14.4. The van der Waals surface area contributed by atoms with Crippen LogP contribution < -0.4 is 10.0 Å². The van der Waals surface area contributed by atoms with E-state index in [-0.39, 0.29) is 23.9 Å². The van der Waals surface area contributed by atoms with Gasteiger partial charge in [-0.05, 0) is 60.2 Å². The molecule has 0 bridgehead atoms. The second-order valence-electron chi connectivity index (χ2n) is 11.9. The molecule has 5 rings (SSSR count). The summed E-state index contributed by atoms with van der Waals surface area (Å²) >= 11 is 13.0. The Hall–Kier alpha value is -3.58. The van der Waals surface area contributed by atoms with Crippen molar-refractivity contribution in [3.8, 4) is 0 Å². The fraction of sp³-hybridized carbons (Fsp3) is 0.364. The van der Waals surface area contributed by atoms with Gasteiger partial charge in [-0.15, -0.1) is 0 Å². The molecule has 2 amide bonds. The van der Waals surface area contributed by atoms with Crippen molar-refractivity contribution < 1.29 is 36.7 Å². The molecule has 0 aromatic heterocycles. The number of aliphatic carboxylic acids is 1. The molecule has 1 aliphatic heterocycles. The highest BCUT2D eigenvalue weighted by molar-refractivity contribution is 7.88. The van der Waals surface area contributed by atoms with E-state index < -0.39 is 57.4 Å². The van der Waals surface area contributed by atoms with Gasteiger partial charge in [-0.3, -0.25) is 9.59 Å². The van der Waals surface area contributed by atoms with Crippen molar-refractivity contribution >= 4 is 51.0 Å². The van der Waals surface area contributed by atoms with E-state index in [0.717, 1.165) is 31.2 Å². The van der Waals surface area contributed by atoms with Gasteiger partial charge in [0.2, 0.25) is 15.9 Å². The Balaban J connectivity index is 1.54. The molecule has 9 nitrogen and oxygen atoms in total. The van der Waals surface area contributed by atoms with Crippen LogP contribution in [0.3, 0.4) is 0 Å². The van der Waals surface area contributed by atoms with E-state index in [4.69, 9.17) is 28.3 Å². The number of alkyl halides is 2. The molecule has 3 aromatic carbocycles. The number of fused-ring (bicyclic) bond motifs is 1. The molecule has 47 heavy (non-hydrogen) atoms. The minimum Gasteiger partial charge on any atom is -0.477 e. The van der Waals surface area contributed by atoms with E-state index in [0.29, 0.717) is 40.1 Å². The van der Waals surface area contributed by atoms with Crippen LogP contribution in [0.5, 0.6) is 0 Å². The molecule has 2 aliphatic rings. The quantitative estimate of drug-likeness (QED) is 0.249. The molecule has 3 N–H and O–H groups in total. The number of hydrogen-bond donors (Lipinski definition) is 3. The van der Waals surface area contributed by atoms with E-state index in [1.165, 1.54) is 12.1 Å². The van der Waals surface area contributed by atoms with Crippen LogP contribution in [0.4, 0.5) is 8.78 Å². The topological polar surface area (TPSA) is 133 Å². The van der Waals surface area contributed by atoms with E-state index in [1.54, 1.807) is 47.4 Å². The minimum atomic E-state index is -4.07. The van der Waals surface area contributed by atoms with Gasteiger partial charge in [0.15, 0.2) is 0 Å². The van der Waals surface area contributed by atoms with Crippen molar-refractivity contribution in [3.05, 3.63) is 105 Å². The number of nitrogens with one attached hydrogen (secondary N) is 2. The monoisotopic (exact) mass is 707 g/mol. The number of carbonyl (C=O) groups is 3. The van der Waals surface area contributed by atoms with Crippen LogP contribution in [0, 0.1) is 0 Å². The van der Waals surface area contributed by atoms with Crippen molar-refractivity contribution in [3.63, 3.8) is 0 Å². The summed E-state index contributed by atoms with van der Waals surface area (Å²) in [4.78, 5) is 41.3. The number of benzene rings is 3. The van der Waals surface area contributed by atoms with Crippen molar-refractivity contribution in [2.45, 2.75) is 62.1 Å². The van der Waals surface area contributed by atoms with Gasteiger partial charge in [0, 0.05) is 39.8 Å². The number of carbonyl (C=O) groups excluding carboxylic acids is 2. The molecule has 3 aromatic rings. The van der Waals surface area contributed by atoms with E-state index in [1.807, 2.05) is 0 Å². The highest BCUT2D eigenvalue weighted by Crippen LogP contribution is 2.48. The van der Waals surface area contributed by atoms with Crippen LogP contribution in [-0.2, 0) is 32.0 Å². The molecule has 14 heteroatoms. The number of nitrogens with zero attached hydrogens (tertiary/aromatic N) is 1. The lowest BCUT2D eigenvalue weighted by molar-refractivity contribution is -0.166. The lowest BCUT2D eigenvalue weighted by atomic mass is 9.76. The predicted molar refractivity (Wildman–Crippen MR) is 173 cm³/mol. The zero-order chi connectivity index (χ0) is 34.1. The first-order valence-electron chi connectivity index (χ1n) is 15.0. The molecule has 250 valence electrons. The Kier molecular flexibility index (Phi) is 10.3. The summed E-state index contributed by atoms with van der Waals surface area (Å²) in [5, 5.41) is 12.4. The molecular formula is C33H33Cl2F2N3O6S. The van der Waals surface area contributed by atoms with Crippen molar-refractivity contribution in [2.24, 2.45) is 0 Å². The Bertz CT molecular complexity index is 1810. The maximum Gasteiger partial charge on any atom is 0.379 e. The first-order chi connectivity index (χ1) is 22.2. The molecule has 4 atom stereocenters. The summed E-state index contributed by atoms with van der Waals surface area (Å²) in [7, 11) is -3.64. The molecular weight excluding hydrogens is 675 g/mol. The number of hydrogen-bond acceptors (Lipinski definition) is 5. The molecule has 0 saturated heterocycles. The van der Waals surface area contributed by atoms with Crippen LogP contribution in [0.1, 0.15) is 70.3 Å². The van der Waals surface area contributed by atoms with Crippen LogP contribution >= 0.6 is 23.2 Å². The molecule has 1 heterocycles. The molecule has 1 fully saturated rings. The summed E-state index contributed by atoms with van der Waals surface area (Å²) in [6.07, 6.45) is 3.62. The number of carboxylic acids is 1. The van der Waals surface area contributed by atoms with Gasteiger partial charge in [-0.1, -0.05) is 78.5 Å². The number of halogens is 4. The summed E-state index contributed by atoms with van der Waals surface area (Å²) in [6.45, 7) is 0.0102. The largest absolute Gasteiger partial charge is 0.477 e. The smallest absolute Gasteiger partial charge is 0.379 e. The summed E-state index contributed by atoms with van der Waals surface area (Å²) in [6, 6.07) is 14.3. The van der Waals surface area contributed by atoms with E-state index in [2.05, 4.69) is 10.0 Å². The van der Waals surface area contributed by atoms with Crippen molar-refractivity contribution in [1.82, 2.24) is 14.9 Å². The summed E-state index contributed by atoms with van der Waals surface area (Å²) in [5.41, 5.74) is 0.909. The van der Waals surface area contributed by atoms with Crippen LogP contribution in [-0.4, -0.2) is 61.1 Å². The maximum absolute atomic E-state index is 14.4. The molecule has 1 aliphatic carbocycles. The predicted octanol–water partition coefficient (Wildman–Crippen LogP) is 5.67. The Morgan fingerprint density at radius 3 is 2.43 bits per heavy atom. The van der Waals surface area contributed by atoms with Crippen molar-refractivity contribution in [2.75, 3.05) is 12.8 Å². The van der Waals surface area contributed by atoms with E-state index >= 15 is 0 Å². The highest BCUT2D eigenvalue weighted by atomic mass is 35.5. The van der Waals surface area contributed by atoms with Crippen LogP contribution in [0.2, 0.25) is 10.0 Å². The average Bonchev–Trinajstić information content (AvgIpc) is 3.01. The summed E-state index contributed by atoms with van der Waals surface area (Å²) in [5.74, 6) is -8.18. The van der Waals surface area contributed by atoms with Gasteiger partial charge >= 0.3 is 11.9 Å². The fourth-order valence-electron chi connectivity index (χ4n) is 6.61. The van der Waals surface area contributed by atoms with Gasteiger partial charge in [0.25, 0.3) is 5.91 Å². The van der Waals surface area contributed by atoms with Gasteiger partial charge in [-0.25, -0.2) is 17.9 Å². The fourth-order valence-corrected chi connectivity index (χ4v) is 7.96. The number of amides is 2. The van der Waals surface area contributed by atoms with Crippen molar-refractivity contribution in [1.29, 1.82) is 0 Å². The Morgan fingerprint density at radius 1 is 1.00 bits per heavy atom. The molecule has 0 spiro atoms. The van der Waals surface area contributed by atoms with E-state index in [9.17, 15) is 31.6 Å². The van der Waals surface area contributed by atoms with Gasteiger partial charge in [0.05, 0.1) is 18.2 Å². The third kappa shape index (κ3) is 7.45. The average molecular weight is 709 g/mol. The summed E-state index contributed by atoms with van der Waals surface area (Å²) < 4.78 is 55.7. The van der Waals surface area contributed by atoms with Gasteiger partial charge in [-0.2, -0.15) is 8.78 Å². The van der Waals surface area contributed by atoms with Crippen LogP contribution in [0.25, 0.3) is 0 Å². The second-order valence-corrected chi connectivity index (χ2v) is 14.5. The highest BCUT2D eigenvalue weighted by Gasteiger charge is 2.49. The Morgan fingerprint density at radius 2 is 1.72 bits per heavy atom. The standard InChI is InChI=1S/C33H33Cl2F2N3O6S/c1-47(45,46)39-26-11-4-5-12-27(26)40-29(24-14-13-21(34)18-25(24)35)28(22-9-2-3-10-23(22)31(40)42)30(41)38-16-15-19-7-6-8-20(17-19)33(36,37)32(43)44/h2-3,6-10,13-14,17-18,26-29,39H,4-5,11-12,15-16H2,1H3,(H,38,41)(H,43,44)/t26-,27-,28+,29-/m0/s1. The first kappa shape index (κ1) is 34.7. The van der Waals surface area contributed by atoms with Gasteiger partial charge in [0.1, 0.15) is 0 Å². The number of sulfonamides is 1. The molecule has 0 radical (unpaired) electrons. The zero-order valence-corrected chi connectivity index (χ0v) is 27.6.